The van der Waals surface area contributed by atoms with Gasteiger partial charge in [-0.05, 0) is 12.1 Å². The molecule has 0 bridgehead atoms. The Hall–Kier alpha value is -2.77. The maximum Gasteiger partial charge on any atom is 0.233 e. The molecule has 8 heteroatoms. The van der Waals surface area contributed by atoms with Crippen molar-refractivity contribution in [1.29, 1.82) is 0 Å². The van der Waals surface area contributed by atoms with Crippen LogP contribution in [0.1, 0.15) is 13.3 Å². The molecule has 1 aromatic rings. The van der Waals surface area contributed by atoms with Gasteiger partial charge in [0.2, 0.25) is 17.7 Å². The van der Waals surface area contributed by atoms with Gasteiger partial charge in [-0.3, -0.25) is 14.4 Å². The van der Waals surface area contributed by atoms with Crippen LogP contribution in [0.15, 0.2) is 18.2 Å². The molecule has 1 aliphatic rings. The molecule has 0 unspecified atom stereocenters. The number of piperazine rings is 1. The number of ether oxygens (including phenoxy) is 2. The summed E-state index contributed by atoms with van der Waals surface area (Å²) in [5, 5.41) is 2.68. The molecular weight excluding hydrogens is 326 g/mol. The van der Waals surface area contributed by atoms with Gasteiger partial charge in [-0.1, -0.05) is 0 Å². The summed E-state index contributed by atoms with van der Waals surface area (Å²) in [4.78, 5) is 39.0. The number of carbonyl (C=O) groups is 3. The predicted octanol–water partition coefficient (Wildman–Crippen LogP) is 0.723. The first-order valence-corrected chi connectivity index (χ1v) is 7.99. The van der Waals surface area contributed by atoms with Crippen LogP contribution < -0.4 is 14.8 Å². The van der Waals surface area contributed by atoms with Crippen LogP contribution in [0, 0.1) is 0 Å². The maximum atomic E-state index is 12.3. The Bertz CT molecular complexity index is 654. The second-order valence-electron chi connectivity index (χ2n) is 5.68. The molecule has 0 spiro atoms. The number of anilines is 1. The van der Waals surface area contributed by atoms with Gasteiger partial charge in [-0.25, -0.2) is 0 Å². The molecule has 0 radical (unpaired) electrons. The molecule has 3 amide bonds. The van der Waals surface area contributed by atoms with Gasteiger partial charge >= 0.3 is 0 Å². The van der Waals surface area contributed by atoms with E-state index in [1.54, 1.807) is 28.0 Å². The van der Waals surface area contributed by atoms with Gasteiger partial charge in [-0.2, -0.15) is 0 Å². The third-order valence-corrected chi connectivity index (χ3v) is 4.07. The quantitative estimate of drug-likeness (QED) is 0.792. The van der Waals surface area contributed by atoms with Crippen molar-refractivity contribution in [3.63, 3.8) is 0 Å². The lowest BCUT2D eigenvalue weighted by atomic mass is 10.2. The summed E-state index contributed by atoms with van der Waals surface area (Å²) in [6.45, 7) is 3.37. The molecule has 0 atom stereocenters. The van der Waals surface area contributed by atoms with Gasteiger partial charge in [0.1, 0.15) is 17.9 Å². The van der Waals surface area contributed by atoms with E-state index < -0.39 is 5.91 Å². The number of carbonyl (C=O) groups excluding carboxylic acids is 3. The monoisotopic (exact) mass is 349 g/mol. The van der Waals surface area contributed by atoms with Crippen LogP contribution in [0.5, 0.6) is 11.5 Å². The fraction of sp³-hybridized carbons (Fsp3) is 0.471. The number of nitrogens with one attached hydrogen (secondary N) is 1. The Balaban J connectivity index is 1.92. The predicted molar refractivity (Wildman–Crippen MR) is 91.6 cm³/mol. The highest BCUT2D eigenvalue weighted by atomic mass is 16.5. The first-order chi connectivity index (χ1) is 11.9. The van der Waals surface area contributed by atoms with E-state index in [1.165, 1.54) is 21.1 Å². The summed E-state index contributed by atoms with van der Waals surface area (Å²) in [5.41, 5.74) is 0.445. The lowest BCUT2D eigenvalue weighted by Crippen LogP contribution is -2.50. The van der Waals surface area contributed by atoms with Crippen LogP contribution in [-0.4, -0.2) is 67.9 Å². The lowest BCUT2D eigenvalue weighted by Gasteiger charge is -2.34. The van der Waals surface area contributed by atoms with Crippen molar-refractivity contribution >= 4 is 23.4 Å². The van der Waals surface area contributed by atoms with E-state index in [4.69, 9.17) is 9.47 Å². The zero-order valence-corrected chi connectivity index (χ0v) is 14.7. The molecule has 1 N–H and O–H groups in total. The van der Waals surface area contributed by atoms with Crippen molar-refractivity contribution in [3.8, 4) is 11.5 Å². The SMILES string of the molecule is COc1ccc(OC)c(NC(=O)CC(=O)N2CCN(C(C)=O)CC2)c1. The third kappa shape index (κ3) is 4.85. The second kappa shape index (κ2) is 8.36. The van der Waals surface area contributed by atoms with Gasteiger partial charge in [0, 0.05) is 39.2 Å². The van der Waals surface area contributed by atoms with Crippen LogP contribution in [0.4, 0.5) is 5.69 Å². The van der Waals surface area contributed by atoms with Crippen molar-refractivity contribution in [2.24, 2.45) is 0 Å². The molecule has 2 rings (SSSR count). The van der Waals surface area contributed by atoms with Crippen LogP contribution >= 0.6 is 0 Å². The zero-order valence-electron chi connectivity index (χ0n) is 14.7. The molecular formula is C17H23N3O5. The number of hydrogen-bond acceptors (Lipinski definition) is 5. The molecule has 8 nitrogen and oxygen atoms in total. The minimum absolute atomic E-state index is 0.00466. The van der Waals surface area contributed by atoms with Crippen LogP contribution in [-0.2, 0) is 14.4 Å². The fourth-order valence-corrected chi connectivity index (χ4v) is 2.63. The highest BCUT2D eigenvalue weighted by Crippen LogP contribution is 2.28. The van der Waals surface area contributed by atoms with E-state index in [0.29, 0.717) is 43.4 Å². The summed E-state index contributed by atoms with van der Waals surface area (Å²) >= 11 is 0. The normalized spacial score (nSPS) is 14.0. The number of hydrogen-bond donors (Lipinski definition) is 1. The number of rotatable bonds is 5. The lowest BCUT2D eigenvalue weighted by molar-refractivity contribution is -0.140. The van der Waals surface area contributed by atoms with Gasteiger partial charge in [-0.15, -0.1) is 0 Å². The van der Waals surface area contributed by atoms with Crippen LogP contribution in [0.25, 0.3) is 0 Å². The summed E-state index contributed by atoms with van der Waals surface area (Å²) in [7, 11) is 3.02. The standard InChI is InChI=1S/C17H23N3O5/c1-12(21)19-6-8-20(9-7-19)17(23)11-16(22)18-14-10-13(24-2)4-5-15(14)25-3/h4-5,10H,6-9,11H2,1-3H3,(H,18,22). The highest BCUT2D eigenvalue weighted by molar-refractivity contribution is 6.04. The van der Waals surface area contributed by atoms with E-state index >= 15 is 0 Å². The third-order valence-electron chi connectivity index (χ3n) is 4.07. The fourth-order valence-electron chi connectivity index (χ4n) is 2.63. The van der Waals surface area contributed by atoms with E-state index in [1.807, 2.05) is 0 Å². The Kier molecular flexibility index (Phi) is 6.21. The summed E-state index contributed by atoms with van der Waals surface area (Å²) in [5.74, 6) is 0.363. The highest BCUT2D eigenvalue weighted by Gasteiger charge is 2.24. The van der Waals surface area contributed by atoms with Crippen molar-refractivity contribution in [2.75, 3.05) is 45.7 Å². The number of benzene rings is 1. The van der Waals surface area contributed by atoms with E-state index in [9.17, 15) is 14.4 Å². The molecule has 1 saturated heterocycles. The van der Waals surface area contributed by atoms with Crippen molar-refractivity contribution in [3.05, 3.63) is 18.2 Å². The minimum atomic E-state index is -0.425. The number of nitrogens with zero attached hydrogens (tertiary/aromatic N) is 2. The minimum Gasteiger partial charge on any atom is -0.497 e. The molecule has 0 aliphatic carbocycles. The van der Waals surface area contributed by atoms with Crippen LogP contribution in [0.2, 0.25) is 0 Å². The zero-order chi connectivity index (χ0) is 18.4. The first-order valence-electron chi connectivity index (χ1n) is 7.99. The summed E-state index contributed by atoms with van der Waals surface area (Å²) < 4.78 is 10.3. The Morgan fingerprint density at radius 1 is 1.04 bits per heavy atom. The number of amides is 3. The van der Waals surface area contributed by atoms with E-state index in [-0.39, 0.29) is 18.2 Å². The van der Waals surface area contributed by atoms with Gasteiger partial charge in [0.25, 0.3) is 0 Å². The molecule has 0 saturated carbocycles. The van der Waals surface area contributed by atoms with Gasteiger partial charge in [0.05, 0.1) is 19.9 Å². The van der Waals surface area contributed by atoms with Crippen molar-refractivity contribution in [2.45, 2.75) is 13.3 Å². The van der Waals surface area contributed by atoms with E-state index in [0.717, 1.165) is 0 Å². The average Bonchev–Trinajstić information content (AvgIpc) is 2.61. The largest absolute Gasteiger partial charge is 0.497 e. The summed E-state index contributed by atoms with van der Waals surface area (Å²) in [6, 6.07) is 5.03. The number of methoxy groups -OCH3 is 2. The second-order valence-corrected chi connectivity index (χ2v) is 5.68. The average molecular weight is 349 g/mol. The molecule has 1 aromatic carbocycles. The molecule has 1 heterocycles. The van der Waals surface area contributed by atoms with Gasteiger partial charge < -0.3 is 24.6 Å². The van der Waals surface area contributed by atoms with Crippen molar-refractivity contribution < 1.29 is 23.9 Å². The van der Waals surface area contributed by atoms with Crippen molar-refractivity contribution in [1.82, 2.24) is 9.80 Å². The Morgan fingerprint density at radius 2 is 1.68 bits per heavy atom. The smallest absolute Gasteiger partial charge is 0.233 e. The topological polar surface area (TPSA) is 88.2 Å². The summed E-state index contributed by atoms with van der Waals surface area (Å²) in [6.07, 6.45) is -0.263. The first kappa shape index (κ1) is 18.6. The molecule has 0 aromatic heterocycles. The van der Waals surface area contributed by atoms with Crippen LogP contribution in [0.3, 0.4) is 0 Å². The van der Waals surface area contributed by atoms with Gasteiger partial charge in [0.15, 0.2) is 0 Å². The Labute approximate surface area is 146 Å². The maximum absolute atomic E-state index is 12.3. The molecule has 1 fully saturated rings. The molecule has 25 heavy (non-hydrogen) atoms. The Morgan fingerprint density at radius 3 is 2.24 bits per heavy atom. The molecule has 136 valence electrons. The molecule has 1 aliphatic heterocycles. The van der Waals surface area contributed by atoms with E-state index in [2.05, 4.69) is 5.32 Å².